The van der Waals surface area contributed by atoms with Crippen LogP contribution < -0.4 is 11.1 Å². The molecule has 29 heavy (non-hydrogen) atoms. The van der Waals surface area contributed by atoms with Crippen molar-refractivity contribution >= 4 is 40.8 Å². The summed E-state index contributed by atoms with van der Waals surface area (Å²) in [4.78, 5) is 25.0. The summed E-state index contributed by atoms with van der Waals surface area (Å²) in [5, 5.41) is 2.77. The molecule has 0 spiro atoms. The lowest BCUT2D eigenvalue weighted by Crippen LogP contribution is -2.35. The summed E-state index contributed by atoms with van der Waals surface area (Å²) >= 11 is 12.1. The maximum absolute atomic E-state index is 15.3. The summed E-state index contributed by atoms with van der Waals surface area (Å²) in [5.41, 5.74) is 5.25. The minimum absolute atomic E-state index is 0.0451. The van der Waals surface area contributed by atoms with Gasteiger partial charge in [0.05, 0.1) is 27.3 Å². The zero-order chi connectivity index (χ0) is 21.9. The molecule has 156 valence electrons. The normalized spacial score (nSPS) is 12.4. The van der Waals surface area contributed by atoms with Gasteiger partial charge in [-0.05, 0) is 51.5 Å². The van der Waals surface area contributed by atoms with E-state index in [2.05, 4.69) is 5.32 Å². The number of hydrogen-bond donors (Lipinski definition) is 2. The van der Waals surface area contributed by atoms with Gasteiger partial charge in [-0.1, -0.05) is 36.2 Å². The Morgan fingerprint density at radius 1 is 1.17 bits per heavy atom. The van der Waals surface area contributed by atoms with E-state index >= 15 is 4.39 Å². The molecule has 2 rings (SSSR count). The highest BCUT2D eigenvalue weighted by molar-refractivity contribution is 6.36. The summed E-state index contributed by atoms with van der Waals surface area (Å²) in [6.45, 7) is 6.96. The lowest BCUT2D eigenvalue weighted by atomic mass is 9.96. The number of carbonyl (C=O) groups excluding carboxylic acids is 2. The van der Waals surface area contributed by atoms with Crippen LogP contribution in [0.4, 0.5) is 14.9 Å². The molecule has 2 aromatic rings. The van der Waals surface area contributed by atoms with Gasteiger partial charge < -0.3 is 15.8 Å². The first-order valence-corrected chi connectivity index (χ1v) is 9.77. The van der Waals surface area contributed by atoms with Crippen LogP contribution in [0.5, 0.6) is 0 Å². The van der Waals surface area contributed by atoms with E-state index in [1.165, 1.54) is 30.3 Å². The number of ketones is 1. The molecular weight excluding hydrogens is 418 g/mol. The van der Waals surface area contributed by atoms with Crippen molar-refractivity contribution in [2.75, 3.05) is 5.73 Å². The van der Waals surface area contributed by atoms with E-state index in [4.69, 9.17) is 33.7 Å². The van der Waals surface area contributed by atoms with Gasteiger partial charge in [0.25, 0.3) is 0 Å². The van der Waals surface area contributed by atoms with Gasteiger partial charge in [-0.2, -0.15) is 0 Å². The molecule has 8 heteroatoms. The number of hydrogen-bond acceptors (Lipinski definition) is 4. The molecule has 0 saturated heterocycles. The second-order valence-corrected chi connectivity index (χ2v) is 8.31. The van der Waals surface area contributed by atoms with E-state index in [1.54, 1.807) is 27.7 Å². The highest BCUT2D eigenvalue weighted by Gasteiger charge is 2.26. The smallest absolute Gasteiger partial charge is 0.408 e. The average Bonchev–Trinajstić information content (AvgIpc) is 2.61. The molecule has 1 unspecified atom stereocenters. The Bertz CT molecular complexity index is 942. The number of carbonyl (C=O) groups is 2. The molecule has 5 nitrogen and oxygen atoms in total. The lowest BCUT2D eigenvalue weighted by Gasteiger charge is -2.24. The minimum atomic E-state index is -0.807. The van der Waals surface area contributed by atoms with Crippen LogP contribution in [0.25, 0.3) is 0 Å². The van der Waals surface area contributed by atoms with E-state index in [0.29, 0.717) is 12.1 Å². The van der Waals surface area contributed by atoms with Crippen molar-refractivity contribution in [2.45, 2.75) is 45.8 Å². The summed E-state index contributed by atoms with van der Waals surface area (Å²) in [6, 6.07) is 6.43. The zero-order valence-electron chi connectivity index (χ0n) is 16.6. The van der Waals surface area contributed by atoms with Crippen molar-refractivity contribution in [3.05, 3.63) is 62.9 Å². The number of nitrogen functional groups attached to an aromatic ring is 1. The van der Waals surface area contributed by atoms with Crippen molar-refractivity contribution < 1.29 is 18.7 Å². The summed E-state index contributed by atoms with van der Waals surface area (Å²) < 4.78 is 20.6. The SMILES string of the molecule is CCC(NC(=O)OC(C)(C)C)c1ccc(Cl)c(C(=O)c2ccc(N)c(Cl)c2)c1F. The van der Waals surface area contributed by atoms with E-state index in [-0.39, 0.29) is 26.7 Å². The summed E-state index contributed by atoms with van der Waals surface area (Å²) in [7, 11) is 0. The predicted molar refractivity (Wildman–Crippen MR) is 113 cm³/mol. The third-order valence-corrected chi connectivity index (χ3v) is 4.73. The third kappa shape index (κ3) is 5.61. The van der Waals surface area contributed by atoms with Gasteiger partial charge in [-0.15, -0.1) is 0 Å². The number of ether oxygens (including phenoxy) is 1. The Balaban J connectivity index is 2.41. The number of benzene rings is 2. The monoisotopic (exact) mass is 440 g/mol. The first kappa shape index (κ1) is 23.0. The van der Waals surface area contributed by atoms with Crippen molar-refractivity contribution in [2.24, 2.45) is 0 Å². The van der Waals surface area contributed by atoms with Crippen molar-refractivity contribution in [1.82, 2.24) is 5.32 Å². The predicted octanol–water partition coefficient (Wildman–Crippen LogP) is 5.92. The molecule has 0 radical (unpaired) electrons. The van der Waals surface area contributed by atoms with Gasteiger partial charge in [-0.3, -0.25) is 4.79 Å². The Morgan fingerprint density at radius 3 is 2.38 bits per heavy atom. The van der Waals surface area contributed by atoms with Crippen LogP contribution in [-0.2, 0) is 4.74 Å². The molecule has 0 aliphatic rings. The third-order valence-electron chi connectivity index (χ3n) is 4.09. The van der Waals surface area contributed by atoms with Crippen LogP contribution in [0.1, 0.15) is 61.6 Å². The van der Waals surface area contributed by atoms with Crippen LogP contribution >= 0.6 is 23.2 Å². The number of rotatable bonds is 5. The molecule has 0 saturated carbocycles. The first-order valence-electron chi connectivity index (χ1n) is 9.01. The maximum Gasteiger partial charge on any atom is 0.408 e. The Hall–Kier alpha value is -2.31. The topological polar surface area (TPSA) is 81.4 Å². The molecule has 1 atom stereocenters. The fraction of sp³-hybridized carbons (Fsp3) is 0.333. The average molecular weight is 441 g/mol. The molecule has 2 aromatic carbocycles. The van der Waals surface area contributed by atoms with Crippen LogP contribution in [0.3, 0.4) is 0 Å². The molecule has 0 fully saturated rings. The standard InChI is InChI=1S/C21H23Cl2FN2O3/c1-5-16(26-20(28)29-21(2,3)4)12-7-8-13(22)17(18(12)24)19(27)11-6-9-15(25)14(23)10-11/h6-10,16H,5,25H2,1-4H3,(H,26,28). The Kier molecular flexibility index (Phi) is 7.14. The number of nitrogens with one attached hydrogen (secondary N) is 1. The van der Waals surface area contributed by atoms with Crippen molar-refractivity contribution in [3.63, 3.8) is 0 Å². The van der Waals surface area contributed by atoms with E-state index in [9.17, 15) is 9.59 Å². The van der Waals surface area contributed by atoms with Gasteiger partial charge >= 0.3 is 6.09 Å². The van der Waals surface area contributed by atoms with Crippen LogP contribution in [0.2, 0.25) is 10.0 Å². The molecule has 0 bridgehead atoms. The molecular formula is C21H23Cl2FN2O3. The molecule has 3 N–H and O–H groups in total. The van der Waals surface area contributed by atoms with Crippen molar-refractivity contribution in [1.29, 1.82) is 0 Å². The zero-order valence-corrected chi connectivity index (χ0v) is 18.1. The summed E-state index contributed by atoms with van der Waals surface area (Å²) in [6.07, 6.45) is -0.309. The van der Waals surface area contributed by atoms with E-state index < -0.39 is 29.3 Å². The molecule has 0 aromatic heterocycles. The lowest BCUT2D eigenvalue weighted by molar-refractivity contribution is 0.0501. The van der Waals surface area contributed by atoms with E-state index in [1.807, 2.05) is 0 Å². The number of nitrogens with two attached hydrogens (primary N) is 1. The van der Waals surface area contributed by atoms with Gasteiger partial charge in [0.2, 0.25) is 0 Å². The van der Waals surface area contributed by atoms with Gasteiger partial charge in [0.1, 0.15) is 11.4 Å². The second-order valence-electron chi connectivity index (χ2n) is 7.50. The minimum Gasteiger partial charge on any atom is -0.444 e. The van der Waals surface area contributed by atoms with Crippen molar-refractivity contribution in [3.8, 4) is 0 Å². The van der Waals surface area contributed by atoms with Gasteiger partial charge in [0.15, 0.2) is 5.78 Å². The summed E-state index contributed by atoms with van der Waals surface area (Å²) in [5.74, 6) is -1.44. The van der Waals surface area contributed by atoms with Crippen LogP contribution in [0, 0.1) is 5.82 Å². The van der Waals surface area contributed by atoms with Crippen LogP contribution in [0.15, 0.2) is 30.3 Å². The molecule has 1 amide bonds. The Morgan fingerprint density at radius 2 is 1.83 bits per heavy atom. The number of amides is 1. The van der Waals surface area contributed by atoms with Crippen LogP contribution in [-0.4, -0.2) is 17.5 Å². The number of anilines is 1. The molecule has 0 aliphatic carbocycles. The Labute approximate surface area is 179 Å². The van der Waals surface area contributed by atoms with E-state index in [0.717, 1.165) is 0 Å². The highest BCUT2D eigenvalue weighted by Crippen LogP contribution is 2.31. The van der Waals surface area contributed by atoms with Gasteiger partial charge in [0, 0.05) is 11.1 Å². The fourth-order valence-electron chi connectivity index (χ4n) is 2.71. The van der Waals surface area contributed by atoms with Gasteiger partial charge in [-0.25, -0.2) is 9.18 Å². The molecule has 0 aliphatic heterocycles. The number of halogens is 3. The highest BCUT2D eigenvalue weighted by atomic mass is 35.5. The maximum atomic E-state index is 15.3. The molecule has 0 heterocycles. The fourth-order valence-corrected chi connectivity index (χ4v) is 3.12. The largest absolute Gasteiger partial charge is 0.444 e. The second kappa shape index (κ2) is 9.01. The first-order chi connectivity index (χ1) is 13.4. The number of alkyl carbamates (subject to hydrolysis) is 1. The quantitative estimate of drug-likeness (QED) is 0.446.